The first-order valence-corrected chi connectivity index (χ1v) is 8.71. The molecule has 0 saturated heterocycles. The van der Waals surface area contributed by atoms with Crippen molar-refractivity contribution < 1.29 is 9.84 Å². The van der Waals surface area contributed by atoms with Gasteiger partial charge in [0.05, 0.1) is 7.11 Å². The number of thioether (sulfide) groups is 1. The third-order valence-electron chi connectivity index (χ3n) is 3.11. The van der Waals surface area contributed by atoms with Crippen LogP contribution in [0.25, 0.3) is 0 Å². The van der Waals surface area contributed by atoms with Gasteiger partial charge in [0.1, 0.15) is 0 Å². The Kier molecular flexibility index (Phi) is 8.90. The molecule has 0 aliphatic rings. The van der Waals surface area contributed by atoms with Crippen LogP contribution >= 0.6 is 23.4 Å². The number of aromatic hydroxyl groups is 1. The first kappa shape index (κ1) is 17.5. The standard InChI is InChI=1S/C15H24ClNO2S/c1-19-14-10-13(16)9-12(15(14)18)11-17-7-5-3-4-6-8-20-2/h9-10,17-18H,3-8,11H2,1-2H3. The molecule has 0 amide bonds. The summed E-state index contributed by atoms with van der Waals surface area (Å²) in [5.74, 6) is 1.85. The number of hydrogen-bond acceptors (Lipinski definition) is 4. The van der Waals surface area contributed by atoms with E-state index in [1.807, 2.05) is 11.8 Å². The predicted molar refractivity (Wildman–Crippen MR) is 88.2 cm³/mol. The summed E-state index contributed by atoms with van der Waals surface area (Å²) in [6.07, 6.45) is 7.14. The highest BCUT2D eigenvalue weighted by Gasteiger charge is 2.09. The van der Waals surface area contributed by atoms with Gasteiger partial charge in [-0.2, -0.15) is 11.8 Å². The quantitative estimate of drug-likeness (QED) is 0.638. The van der Waals surface area contributed by atoms with Gasteiger partial charge in [-0.1, -0.05) is 24.4 Å². The van der Waals surface area contributed by atoms with Crippen molar-refractivity contribution in [2.45, 2.75) is 32.2 Å². The maximum absolute atomic E-state index is 9.99. The smallest absolute Gasteiger partial charge is 0.162 e. The summed E-state index contributed by atoms with van der Waals surface area (Å²) in [5, 5.41) is 13.9. The maximum atomic E-state index is 9.99. The van der Waals surface area contributed by atoms with E-state index >= 15 is 0 Å². The fourth-order valence-corrected chi connectivity index (χ4v) is 2.72. The van der Waals surface area contributed by atoms with Gasteiger partial charge >= 0.3 is 0 Å². The van der Waals surface area contributed by atoms with Crippen molar-refractivity contribution in [3.8, 4) is 11.5 Å². The lowest BCUT2D eigenvalue weighted by atomic mass is 10.1. The van der Waals surface area contributed by atoms with Crippen molar-refractivity contribution in [3.05, 3.63) is 22.7 Å². The number of methoxy groups -OCH3 is 1. The van der Waals surface area contributed by atoms with Gasteiger partial charge in [0, 0.05) is 23.2 Å². The zero-order valence-electron chi connectivity index (χ0n) is 12.2. The Morgan fingerprint density at radius 3 is 2.70 bits per heavy atom. The van der Waals surface area contributed by atoms with Crippen LogP contribution in [0.15, 0.2) is 12.1 Å². The minimum atomic E-state index is 0.171. The number of rotatable bonds is 10. The Morgan fingerprint density at radius 2 is 2.00 bits per heavy atom. The molecule has 114 valence electrons. The summed E-state index contributed by atoms with van der Waals surface area (Å²) in [7, 11) is 1.52. The number of ether oxygens (including phenoxy) is 1. The fourth-order valence-electron chi connectivity index (χ4n) is 1.99. The van der Waals surface area contributed by atoms with E-state index in [0.29, 0.717) is 17.3 Å². The van der Waals surface area contributed by atoms with Gasteiger partial charge in [-0.05, 0) is 37.5 Å². The van der Waals surface area contributed by atoms with Crippen LogP contribution in [0.4, 0.5) is 0 Å². The summed E-state index contributed by atoms with van der Waals surface area (Å²) in [5.41, 5.74) is 0.775. The van der Waals surface area contributed by atoms with Crippen LogP contribution in [0.1, 0.15) is 31.2 Å². The van der Waals surface area contributed by atoms with E-state index in [4.69, 9.17) is 16.3 Å². The van der Waals surface area contributed by atoms with Crippen LogP contribution in [-0.2, 0) is 6.54 Å². The predicted octanol–water partition coefficient (Wildman–Crippen LogP) is 4.07. The third kappa shape index (κ3) is 6.25. The van der Waals surface area contributed by atoms with Crippen molar-refractivity contribution in [1.82, 2.24) is 5.32 Å². The van der Waals surface area contributed by atoms with Crippen molar-refractivity contribution in [2.75, 3.05) is 25.7 Å². The van der Waals surface area contributed by atoms with Crippen molar-refractivity contribution in [3.63, 3.8) is 0 Å². The van der Waals surface area contributed by atoms with Gasteiger partial charge in [-0.3, -0.25) is 0 Å². The number of hydrogen-bond donors (Lipinski definition) is 2. The van der Waals surface area contributed by atoms with Gasteiger partial charge in [0.15, 0.2) is 11.5 Å². The minimum absolute atomic E-state index is 0.171. The van der Waals surface area contributed by atoms with E-state index in [9.17, 15) is 5.11 Å². The van der Waals surface area contributed by atoms with Gasteiger partial charge in [-0.15, -0.1) is 0 Å². The molecule has 3 nitrogen and oxygen atoms in total. The molecular formula is C15H24ClNO2S. The number of halogens is 1. The molecule has 0 spiro atoms. The normalized spacial score (nSPS) is 10.8. The molecule has 0 fully saturated rings. The topological polar surface area (TPSA) is 41.5 Å². The maximum Gasteiger partial charge on any atom is 0.162 e. The molecule has 1 aromatic rings. The van der Waals surface area contributed by atoms with Gasteiger partial charge in [0.25, 0.3) is 0 Å². The van der Waals surface area contributed by atoms with Crippen LogP contribution in [0.3, 0.4) is 0 Å². The third-order valence-corrected chi connectivity index (χ3v) is 4.02. The van der Waals surface area contributed by atoms with E-state index < -0.39 is 0 Å². The number of phenolic OH excluding ortho intramolecular Hbond substituents is 1. The molecule has 20 heavy (non-hydrogen) atoms. The molecular weight excluding hydrogens is 294 g/mol. The summed E-state index contributed by atoms with van der Waals surface area (Å²) in [4.78, 5) is 0. The molecule has 0 heterocycles. The average molecular weight is 318 g/mol. The number of unbranched alkanes of at least 4 members (excludes halogenated alkanes) is 3. The summed E-state index contributed by atoms with van der Waals surface area (Å²) >= 11 is 7.90. The monoisotopic (exact) mass is 317 g/mol. The number of phenols is 1. The van der Waals surface area contributed by atoms with Crippen molar-refractivity contribution in [2.24, 2.45) is 0 Å². The van der Waals surface area contributed by atoms with Gasteiger partial charge in [0.2, 0.25) is 0 Å². The van der Waals surface area contributed by atoms with E-state index in [1.165, 1.54) is 32.1 Å². The van der Waals surface area contributed by atoms with E-state index in [1.54, 1.807) is 12.1 Å². The summed E-state index contributed by atoms with van der Waals surface area (Å²) < 4.78 is 5.08. The minimum Gasteiger partial charge on any atom is -0.504 e. The highest BCUT2D eigenvalue weighted by atomic mass is 35.5. The molecule has 0 radical (unpaired) electrons. The summed E-state index contributed by atoms with van der Waals surface area (Å²) in [6, 6.07) is 3.39. The van der Waals surface area contributed by atoms with Crippen LogP contribution < -0.4 is 10.1 Å². The molecule has 0 bridgehead atoms. The zero-order valence-corrected chi connectivity index (χ0v) is 13.8. The van der Waals surface area contributed by atoms with E-state index in [2.05, 4.69) is 11.6 Å². The lowest BCUT2D eigenvalue weighted by Gasteiger charge is -2.11. The fraction of sp³-hybridized carbons (Fsp3) is 0.600. The van der Waals surface area contributed by atoms with E-state index in [-0.39, 0.29) is 5.75 Å². The molecule has 0 aliphatic heterocycles. The second kappa shape index (κ2) is 10.2. The number of nitrogens with one attached hydrogen (secondary N) is 1. The van der Waals surface area contributed by atoms with Crippen molar-refractivity contribution in [1.29, 1.82) is 0 Å². The molecule has 5 heteroatoms. The van der Waals surface area contributed by atoms with Crippen molar-refractivity contribution >= 4 is 23.4 Å². The Hall–Kier alpha value is -0.580. The molecule has 0 aromatic heterocycles. The Labute approximate surface area is 131 Å². The van der Waals surface area contributed by atoms with Crippen LogP contribution in [0.2, 0.25) is 5.02 Å². The molecule has 2 N–H and O–H groups in total. The second-order valence-corrected chi connectivity index (χ2v) is 6.12. The molecule has 1 rings (SSSR count). The highest BCUT2D eigenvalue weighted by molar-refractivity contribution is 7.98. The Morgan fingerprint density at radius 1 is 1.25 bits per heavy atom. The zero-order chi connectivity index (χ0) is 14.8. The molecule has 1 aromatic carbocycles. The molecule has 0 aliphatic carbocycles. The lowest BCUT2D eigenvalue weighted by molar-refractivity contribution is 0.369. The highest BCUT2D eigenvalue weighted by Crippen LogP contribution is 2.33. The lowest BCUT2D eigenvalue weighted by Crippen LogP contribution is -2.14. The SMILES string of the molecule is COc1cc(Cl)cc(CNCCCCCCSC)c1O. The largest absolute Gasteiger partial charge is 0.504 e. The van der Waals surface area contributed by atoms with Gasteiger partial charge < -0.3 is 15.2 Å². The first-order valence-electron chi connectivity index (χ1n) is 6.94. The first-order chi connectivity index (χ1) is 9.69. The molecule has 0 atom stereocenters. The Bertz CT molecular complexity index is 402. The van der Waals surface area contributed by atoms with Gasteiger partial charge in [-0.25, -0.2) is 0 Å². The van der Waals surface area contributed by atoms with Crippen LogP contribution in [-0.4, -0.2) is 30.8 Å². The number of benzene rings is 1. The van der Waals surface area contributed by atoms with Crippen LogP contribution in [0, 0.1) is 0 Å². The van der Waals surface area contributed by atoms with Crippen LogP contribution in [0.5, 0.6) is 11.5 Å². The molecule has 0 unspecified atom stereocenters. The second-order valence-electron chi connectivity index (χ2n) is 4.70. The summed E-state index contributed by atoms with van der Waals surface area (Å²) in [6.45, 7) is 1.56. The van der Waals surface area contributed by atoms with E-state index in [0.717, 1.165) is 18.5 Å². The average Bonchev–Trinajstić information content (AvgIpc) is 2.44. The Balaban J connectivity index is 2.27. The molecule has 0 saturated carbocycles.